The van der Waals surface area contributed by atoms with Gasteiger partial charge in [-0.3, -0.25) is 0 Å². The van der Waals surface area contributed by atoms with Crippen molar-refractivity contribution in [1.82, 2.24) is 0 Å². The van der Waals surface area contributed by atoms with Gasteiger partial charge in [-0.15, -0.1) is 0 Å². The summed E-state index contributed by atoms with van der Waals surface area (Å²) in [6.07, 6.45) is 8.71. The van der Waals surface area contributed by atoms with E-state index in [9.17, 15) is 0 Å². The van der Waals surface area contributed by atoms with Crippen LogP contribution in [0.4, 0.5) is 0 Å². The molecule has 0 atom stereocenters. The van der Waals surface area contributed by atoms with Crippen molar-refractivity contribution < 1.29 is 0 Å². The van der Waals surface area contributed by atoms with Crippen LogP contribution in [0.1, 0.15) is 5.56 Å². The van der Waals surface area contributed by atoms with Gasteiger partial charge in [0.1, 0.15) is 0 Å². The minimum atomic E-state index is 1.32. The summed E-state index contributed by atoms with van der Waals surface area (Å²) < 4.78 is 0. The van der Waals surface area contributed by atoms with E-state index in [1.165, 1.54) is 43.0 Å². The van der Waals surface area contributed by atoms with Crippen LogP contribution in [0.25, 0.3) is 39.8 Å². The third-order valence-corrected chi connectivity index (χ3v) is 4.39. The zero-order valence-corrected chi connectivity index (χ0v) is 10.9. The molecule has 20 heavy (non-hydrogen) atoms. The minimum absolute atomic E-state index is 1.32. The molecule has 0 amide bonds. The van der Waals surface area contributed by atoms with Crippen molar-refractivity contribution in [1.29, 1.82) is 0 Å². The van der Waals surface area contributed by atoms with Gasteiger partial charge in [0.2, 0.25) is 0 Å². The molecule has 1 heteroatoms. The van der Waals surface area contributed by atoms with Crippen LogP contribution in [-0.4, -0.2) is 12.9 Å². The number of hydrogen-bond donors (Lipinski definition) is 0. The van der Waals surface area contributed by atoms with E-state index in [4.69, 9.17) is 0 Å². The maximum absolute atomic E-state index is 2.33. The molecule has 3 aromatic rings. The van der Waals surface area contributed by atoms with Crippen molar-refractivity contribution in [2.75, 3.05) is 0 Å². The molecule has 0 saturated carbocycles. The van der Waals surface area contributed by atoms with E-state index in [1.54, 1.807) is 0 Å². The third kappa shape index (κ3) is 1.25. The van der Waals surface area contributed by atoms with E-state index < -0.39 is 0 Å². The fourth-order valence-corrected chi connectivity index (χ4v) is 3.38. The molecule has 2 aliphatic rings. The van der Waals surface area contributed by atoms with Gasteiger partial charge in [0.15, 0.2) is 0 Å². The van der Waals surface area contributed by atoms with E-state index in [1.807, 2.05) is 0 Å². The first-order chi connectivity index (χ1) is 9.90. The summed E-state index contributed by atoms with van der Waals surface area (Å²) in [6.45, 7) is 2.21. The van der Waals surface area contributed by atoms with Crippen molar-refractivity contribution >= 4 is 58.1 Å². The Kier molecular flexibility index (Phi) is 1.86. The van der Waals surface area contributed by atoms with Crippen molar-refractivity contribution in [2.45, 2.75) is 0 Å². The average molecular weight is 250 g/mol. The van der Waals surface area contributed by atoms with Crippen LogP contribution in [0, 0.1) is 0 Å². The Labute approximate surface area is 117 Å². The molecule has 0 N–H and O–H groups in total. The van der Waals surface area contributed by atoms with Gasteiger partial charge in [0.25, 0.3) is 0 Å². The van der Waals surface area contributed by atoms with Gasteiger partial charge in [-0.05, 0) is 0 Å². The molecule has 1 aliphatic heterocycles. The predicted molar refractivity (Wildman–Crippen MR) is 90.1 cm³/mol. The Morgan fingerprint density at radius 3 is 2.50 bits per heavy atom. The standard InChI is InChI=1S/C19H11B/c1-2-12-4-6-14-11-18-15(10-17(14)16(12)3-1)7-5-13-8-9-20-19(13)18/h1-11H. The summed E-state index contributed by atoms with van der Waals surface area (Å²) in [6, 6.07) is 13.6. The fourth-order valence-electron chi connectivity index (χ4n) is 3.38. The Morgan fingerprint density at radius 1 is 0.750 bits per heavy atom. The van der Waals surface area contributed by atoms with Gasteiger partial charge in [-0.1, -0.05) is 0 Å². The summed E-state index contributed by atoms with van der Waals surface area (Å²) >= 11 is 0. The van der Waals surface area contributed by atoms with Crippen LogP contribution < -0.4 is 15.9 Å². The van der Waals surface area contributed by atoms with Crippen molar-refractivity contribution in [3.8, 4) is 0 Å². The van der Waals surface area contributed by atoms with Crippen molar-refractivity contribution in [3.63, 3.8) is 0 Å². The molecule has 0 saturated heterocycles. The summed E-state index contributed by atoms with van der Waals surface area (Å²) in [7, 11) is 0. The van der Waals surface area contributed by atoms with Crippen LogP contribution in [-0.2, 0) is 0 Å². The Balaban J connectivity index is 2.02. The van der Waals surface area contributed by atoms with Crippen LogP contribution in [0.2, 0.25) is 0 Å². The molecule has 0 aromatic heterocycles. The third-order valence-electron chi connectivity index (χ3n) is 4.39. The van der Waals surface area contributed by atoms with Gasteiger partial charge < -0.3 is 0 Å². The zero-order valence-electron chi connectivity index (χ0n) is 10.9. The molecule has 5 rings (SSSR count). The van der Waals surface area contributed by atoms with Gasteiger partial charge in [-0.25, -0.2) is 0 Å². The first-order valence-corrected chi connectivity index (χ1v) is 6.96. The van der Waals surface area contributed by atoms with Gasteiger partial charge >= 0.3 is 117 Å². The summed E-state index contributed by atoms with van der Waals surface area (Å²) in [4.78, 5) is 0. The molecule has 0 nitrogen and oxygen atoms in total. The van der Waals surface area contributed by atoms with E-state index in [0.29, 0.717) is 0 Å². The average Bonchev–Trinajstić information content (AvgIpc) is 3.13. The molecular formula is C19H11B. The quantitative estimate of drug-likeness (QED) is 0.421. The first-order valence-electron chi connectivity index (χ1n) is 6.96. The number of rotatable bonds is 0. The molecule has 0 bridgehead atoms. The normalized spacial score (nSPS) is 14.0. The second kappa shape index (κ2) is 3.58. The molecule has 0 spiro atoms. The SMILES string of the molecule is B1=CC=c2ccc3cc4c5c(ccc4cc3c21)=CC=C5. The molecule has 1 heterocycles. The van der Waals surface area contributed by atoms with Gasteiger partial charge in [-0.2, -0.15) is 0 Å². The number of benzene rings is 3. The van der Waals surface area contributed by atoms with E-state index in [-0.39, 0.29) is 0 Å². The van der Waals surface area contributed by atoms with Gasteiger partial charge in [0.05, 0.1) is 0 Å². The van der Waals surface area contributed by atoms with Crippen molar-refractivity contribution in [3.05, 3.63) is 58.5 Å². The molecule has 0 fully saturated rings. The van der Waals surface area contributed by atoms with E-state index in [0.717, 1.165) is 0 Å². The molecule has 90 valence electrons. The Hall–Kier alpha value is -2.41. The topological polar surface area (TPSA) is 0 Å². The summed E-state index contributed by atoms with van der Waals surface area (Å²) in [5.41, 5.74) is 2.71. The second-order valence-electron chi connectivity index (χ2n) is 5.48. The molecule has 1 aliphatic carbocycles. The van der Waals surface area contributed by atoms with Crippen LogP contribution >= 0.6 is 0 Å². The van der Waals surface area contributed by atoms with Gasteiger partial charge in [0, 0.05) is 0 Å². The fraction of sp³-hybridized carbons (Fsp3) is 0. The molecule has 0 unspecified atom stereocenters. The molecule has 3 aromatic carbocycles. The Morgan fingerprint density at radius 2 is 1.55 bits per heavy atom. The van der Waals surface area contributed by atoms with Crippen LogP contribution in [0.5, 0.6) is 0 Å². The van der Waals surface area contributed by atoms with Crippen molar-refractivity contribution in [2.24, 2.45) is 0 Å². The molecule has 0 radical (unpaired) electrons. The van der Waals surface area contributed by atoms with E-state index in [2.05, 4.69) is 73.6 Å². The summed E-state index contributed by atoms with van der Waals surface area (Å²) in [5, 5.41) is 8.00. The van der Waals surface area contributed by atoms with Crippen LogP contribution in [0.15, 0.2) is 42.5 Å². The first kappa shape index (κ1) is 10.4. The number of hydrogen-bond acceptors (Lipinski definition) is 0. The predicted octanol–water partition coefficient (Wildman–Crippen LogP) is 1.73. The number of allylic oxidation sites excluding steroid dienone is 1. The van der Waals surface area contributed by atoms with E-state index >= 15 is 0 Å². The Bertz CT molecular complexity index is 993. The monoisotopic (exact) mass is 250 g/mol. The number of fused-ring (bicyclic) bond motifs is 6. The zero-order chi connectivity index (χ0) is 13.1. The maximum atomic E-state index is 2.33. The van der Waals surface area contributed by atoms with Crippen LogP contribution in [0.3, 0.4) is 0 Å². The second-order valence-corrected chi connectivity index (χ2v) is 5.48. The summed E-state index contributed by atoms with van der Waals surface area (Å²) in [5.74, 6) is 2.13. The molecular weight excluding hydrogens is 239 g/mol.